The maximum absolute atomic E-state index is 11.3. The van der Waals surface area contributed by atoms with Crippen LogP contribution in [0.1, 0.15) is 11.5 Å². The van der Waals surface area contributed by atoms with Crippen LogP contribution in [0.4, 0.5) is 0 Å². The fourth-order valence-corrected chi connectivity index (χ4v) is 1.74. The van der Waals surface area contributed by atoms with Crippen molar-refractivity contribution < 1.29 is 14.3 Å². The number of nitrogens with two attached hydrogens (primary N) is 1. The number of hydrogen-bond acceptors (Lipinski definition) is 4. The van der Waals surface area contributed by atoms with Gasteiger partial charge in [0.15, 0.2) is 5.58 Å². The van der Waals surface area contributed by atoms with E-state index in [0.29, 0.717) is 16.7 Å². The van der Waals surface area contributed by atoms with Crippen molar-refractivity contribution in [3.63, 3.8) is 0 Å². The summed E-state index contributed by atoms with van der Waals surface area (Å²) in [5.41, 5.74) is 6.97. The summed E-state index contributed by atoms with van der Waals surface area (Å²) in [6, 6.07) is 4.81. The Morgan fingerprint density at radius 2 is 2.29 bits per heavy atom. The molecule has 1 atom stereocenters. The summed E-state index contributed by atoms with van der Waals surface area (Å²) in [7, 11) is 1.57. The minimum absolute atomic E-state index is 0.00659. The van der Waals surface area contributed by atoms with Gasteiger partial charge in [0, 0.05) is 13.6 Å². The number of fused-ring (bicyclic) bond motifs is 1. The molecule has 2 aromatic rings. The standard InChI is InChI=1S/C11H12N2O4/c1-13-8-4-6(7(5-12)10(14)15)2-3-9(8)17-11(13)16/h2-4,7H,5,12H2,1H3,(H,14,15). The molecular weight excluding hydrogens is 224 g/mol. The normalized spacial score (nSPS) is 12.8. The molecule has 0 radical (unpaired) electrons. The molecule has 1 unspecified atom stereocenters. The number of carboxylic acids is 1. The number of hydrogen-bond donors (Lipinski definition) is 2. The second-order valence-electron chi connectivity index (χ2n) is 3.78. The summed E-state index contributed by atoms with van der Waals surface area (Å²) in [5.74, 6) is -2.23. The Bertz CT molecular complexity index is 626. The number of aryl methyl sites for hydroxylation is 1. The number of carbonyl (C=O) groups is 1. The van der Waals surface area contributed by atoms with Gasteiger partial charge in [-0.1, -0.05) is 6.07 Å². The summed E-state index contributed by atoms with van der Waals surface area (Å²) in [4.78, 5) is 22.3. The van der Waals surface area contributed by atoms with Gasteiger partial charge in [-0.05, 0) is 17.7 Å². The molecule has 0 aliphatic rings. The first-order valence-electron chi connectivity index (χ1n) is 5.07. The molecule has 0 amide bonds. The molecule has 3 N–H and O–H groups in total. The third-order valence-electron chi connectivity index (χ3n) is 2.75. The van der Waals surface area contributed by atoms with Gasteiger partial charge >= 0.3 is 11.7 Å². The molecule has 2 rings (SSSR count). The van der Waals surface area contributed by atoms with Crippen LogP contribution in [0, 0.1) is 0 Å². The lowest BCUT2D eigenvalue weighted by atomic mass is 9.99. The highest BCUT2D eigenvalue weighted by Crippen LogP contribution is 2.20. The average Bonchev–Trinajstić information content (AvgIpc) is 2.56. The van der Waals surface area contributed by atoms with Crippen molar-refractivity contribution in [3.05, 3.63) is 34.3 Å². The quantitative estimate of drug-likeness (QED) is 0.796. The van der Waals surface area contributed by atoms with E-state index in [1.54, 1.807) is 25.2 Å². The predicted molar refractivity (Wildman–Crippen MR) is 60.9 cm³/mol. The molecule has 0 aliphatic heterocycles. The smallest absolute Gasteiger partial charge is 0.419 e. The number of carboxylic acid groups (broad SMARTS) is 1. The van der Waals surface area contributed by atoms with Crippen LogP contribution < -0.4 is 11.5 Å². The second-order valence-corrected chi connectivity index (χ2v) is 3.78. The molecular formula is C11H12N2O4. The van der Waals surface area contributed by atoms with Crippen LogP contribution in [0.25, 0.3) is 11.1 Å². The highest BCUT2D eigenvalue weighted by atomic mass is 16.4. The number of aliphatic carboxylic acids is 1. The topological polar surface area (TPSA) is 98.5 Å². The average molecular weight is 236 g/mol. The summed E-state index contributed by atoms with van der Waals surface area (Å²) < 4.78 is 6.28. The van der Waals surface area contributed by atoms with Crippen LogP contribution >= 0.6 is 0 Å². The zero-order chi connectivity index (χ0) is 12.6. The monoisotopic (exact) mass is 236 g/mol. The van der Waals surface area contributed by atoms with Gasteiger partial charge in [-0.2, -0.15) is 0 Å². The van der Waals surface area contributed by atoms with E-state index < -0.39 is 17.6 Å². The lowest BCUT2D eigenvalue weighted by Gasteiger charge is -2.09. The maximum atomic E-state index is 11.3. The van der Waals surface area contributed by atoms with Crippen molar-refractivity contribution >= 4 is 17.1 Å². The minimum atomic E-state index is -0.986. The first kappa shape index (κ1) is 11.4. The molecule has 90 valence electrons. The van der Waals surface area contributed by atoms with Gasteiger partial charge in [0.2, 0.25) is 0 Å². The molecule has 6 nitrogen and oxygen atoms in total. The summed E-state index contributed by atoms with van der Waals surface area (Å²) in [5, 5.41) is 9.00. The largest absolute Gasteiger partial charge is 0.481 e. The van der Waals surface area contributed by atoms with E-state index in [2.05, 4.69) is 0 Å². The van der Waals surface area contributed by atoms with Crippen molar-refractivity contribution in [2.24, 2.45) is 12.8 Å². The first-order valence-corrected chi connectivity index (χ1v) is 5.07. The van der Waals surface area contributed by atoms with Crippen LogP contribution in [0.5, 0.6) is 0 Å². The van der Waals surface area contributed by atoms with Gasteiger partial charge < -0.3 is 15.3 Å². The van der Waals surface area contributed by atoms with Gasteiger partial charge in [-0.25, -0.2) is 4.79 Å². The maximum Gasteiger partial charge on any atom is 0.419 e. The molecule has 0 saturated carbocycles. The van der Waals surface area contributed by atoms with Gasteiger partial charge in [0.1, 0.15) is 0 Å². The lowest BCUT2D eigenvalue weighted by molar-refractivity contribution is -0.138. The Kier molecular flexibility index (Phi) is 2.72. The third kappa shape index (κ3) is 1.83. The van der Waals surface area contributed by atoms with E-state index in [1.807, 2.05) is 0 Å². The van der Waals surface area contributed by atoms with Crippen LogP contribution in [0.3, 0.4) is 0 Å². The molecule has 6 heteroatoms. The van der Waals surface area contributed by atoms with E-state index in [4.69, 9.17) is 15.3 Å². The fourth-order valence-electron chi connectivity index (χ4n) is 1.74. The number of oxazole rings is 1. The van der Waals surface area contributed by atoms with Crippen molar-refractivity contribution in [2.45, 2.75) is 5.92 Å². The zero-order valence-electron chi connectivity index (χ0n) is 9.21. The minimum Gasteiger partial charge on any atom is -0.481 e. The molecule has 0 spiro atoms. The molecule has 1 aromatic carbocycles. The van der Waals surface area contributed by atoms with E-state index in [0.717, 1.165) is 0 Å². The molecule has 0 saturated heterocycles. The van der Waals surface area contributed by atoms with Crippen molar-refractivity contribution in [1.29, 1.82) is 0 Å². The Hall–Kier alpha value is -2.08. The lowest BCUT2D eigenvalue weighted by Crippen LogP contribution is -2.21. The van der Waals surface area contributed by atoms with E-state index >= 15 is 0 Å². The molecule has 17 heavy (non-hydrogen) atoms. The number of benzene rings is 1. The highest BCUT2D eigenvalue weighted by molar-refractivity contribution is 5.80. The zero-order valence-corrected chi connectivity index (χ0v) is 9.21. The third-order valence-corrected chi connectivity index (χ3v) is 2.75. The van der Waals surface area contributed by atoms with Crippen LogP contribution in [0.2, 0.25) is 0 Å². The number of aromatic nitrogens is 1. The van der Waals surface area contributed by atoms with Gasteiger partial charge in [0.25, 0.3) is 0 Å². The molecule has 0 aliphatic carbocycles. The Morgan fingerprint density at radius 1 is 1.59 bits per heavy atom. The van der Waals surface area contributed by atoms with E-state index in [-0.39, 0.29) is 6.54 Å². The fraction of sp³-hybridized carbons (Fsp3) is 0.273. The van der Waals surface area contributed by atoms with Crippen LogP contribution in [-0.2, 0) is 11.8 Å². The number of rotatable bonds is 3. The highest BCUT2D eigenvalue weighted by Gasteiger charge is 2.19. The van der Waals surface area contributed by atoms with Gasteiger partial charge in [0.05, 0.1) is 11.4 Å². The summed E-state index contributed by atoms with van der Waals surface area (Å²) in [6.07, 6.45) is 0. The summed E-state index contributed by atoms with van der Waals surface area (Å²) >= 11 is 0. The number of nitrogens with zero attached hydrogens (tertiary/aromatic N) is 1. The van der Waals surface area contributed by atoms with Gasteiger partial charge in [-0.15, -0.1) is 0 Å². The molecule has 0 bridgehead atoms. The van der Waals surface area contributed by atoms with Crippen LogP contribution in [0.15, 0.2) is 27.4 Å². The molecule has 1 heterocycles. The second kappa shape index (κ2) is 4.06. The van der Waals surface area contributed by atoms with E-state index in [1.165, 1.54) is 4.57 Å². The van der Waals surface area contributed by atoms with Crippen molar-refractivity contribution in [3.8, 4) is 0 Å². The Morgan fingerprint density at radius 3 is 2.88 bits per heavy atom. The van der Waals surface area contributed by atoms with Gasteiger partial charge in [-0.3, -0.25) is 9.36 Å². The predicted octanol–water partition coefficient (Wildman–Crippen LogP) is 0.258. The van der Waals surface area contributed by atoms with Crippen molar-refractivity contribution in [2.75, 3.05) is 6.54 Å². The molecule has 1 aromatic heterocycles. The summed E-state index contributed by atoms with van der Waals surface area (Å²) in [6.45, 7) is 0.00659. The molecule has 0 fully saturated rings. The Labute approximate surface area is 96.3 Å². The Balaban J connectivity index is 2.61. The first-order chi connectivity index (χ1) is 8.04. The SMILES string of the molecule is Cn1c(=O)oc2ccc(C(CN)C(=O)O)cc21. The van der Waals surface area contributed by atoms with E-state index in [9.17, 15) is 9.59 Å². The van der Waals surface area contributed by atoms with Crippen molar-refractivity contribution in [1.82, 2.24) is 4.57 Å². The van der Waals surface area contributed by atoms with Crippen LogP contribution in [-0.4, -0.2) is 22.2 Å².